The number of para-hydroxylation sites is 1. The van der Waals surface area contributed by atoms with Gasteiger partial charge in [0.05, 0.1) is 31.6 Å². The Morgan fingerprint density at radius 1 is 1.20 bits per heavy atom. The van der Waals surface area contributed by atoms with Gasteiger partial charge >= 0.3 is 20.9 Å². The molecule has 0 saturated carbocycles. The molecule has 0 saturated heterocycles. The van der Waals surface area contributed by atoms with Gasteiger partial charge in [0, 0.05) is 0 Å². The van der Waals surface area contributed by atoms with Crippen LogP contribution >= 0.6 is 15.3 Å². The van der Waals surface area contributed by atoms with Gasteiger partial charge in [-0.15, -0.1) is 10.9 Å². The smallest absolute Gasteiger partial charge is 0.305 e. The van der Waals surface area contributed by atoms with Crippen LogP contribution in [0, 0.1) is 0 Å². The Morgan fingerprint density at radius 2 is 1.80 bits per heavy atom. The van der Waals surface area contributed by atoms with Crippen LogP contribution in [0.3, 0.4) is 0 Å². The first-order valence-electron chi connectivity index (χ1n) is 7.84. The standard InChI is InChI=1S/C16H21N2O5P2/c1-4-12-17-13-15(25(21,22-5-2)23-6-3)16(19)18(24(17)20)14-10-8-7-9-11-14/h4,7-11,13H,1,5-6,12H2,2-3H3/q+1. The van der Waals surface area contributed by atoms with E-state index in [1.54, 1.807) is 50.3 Å². The van der Waals surface area contributed by atoms with Crippen LogP contribution < -0.4 is 10.9 Å². The van der Waals surface area contributed by atoms with E-state index in [4.69, 9.17) is 9.05 Å². The van der Waals surface area contributed by atoms with E-state index in [1.807, 2.05) is 0 Å². The molecule has 0 spiro atoms. The van der Waals surface area contributed by atoms with Crippen LogP contribution in [0.25, 0.3) is 5.69 Å². The van der Waals surface area contributed by atoms with Crippen molar-refractivity contribution in [1.82, 2.24) is 8.66 Å². The van der Waals surface area contributed by atoms with E-state index >= 15 is 0 Å². The zero-order chi connectivity index (χ0) is 18.4. The number of rotatable bonds is 8. The lowest BCUT2D eigenvalue weighted by atomic mass is 10.3. The predicted molar refractivity (Wildman–Crippen MR) is 98.3 cm³/mol. The van der Waals surface area contributed by atoms with E-state index in [0.717, 1.165) is 4.33 Å². The number of hydrogen-bond donors (Lipinski definition) is 0. The van der Waals surface area contributed by atoms with Gasteiger partial charge < -0.3 is 9.05 Å². The average molecular weight is 383 g/mol. The van der Waals surface area contributed by atoms with Crippen molar-refractivity contribution in [3.63, 3.8) is 0 Å². The quantitative estimate of drug-likeness (QED) is 0.515. The molecule has 0 N–H and O–H groups in total. The van der Waals surface area contributed by atoms with Gasteiger partial charge in [-0.3, -0.25) is 9.36 Å². The molecule has 0 bridgehead atoms. The number of aromatic nitrogens is 2. The highest BCUT2D eigenvalue weighted by Gasteiger charge is 2.35. The molecular weight excluding hydrogens is 362 g/mol. The highest BCUT2D eigenvalue weighted by atomic mass is 31.2. The summed E-state index contributed by atoms with van der Waals surface area (Å²) in [6.45, 7) is 7.40. The molecule has 2 aromatic rings. The molecule has 0 amide bonds. The Bertz CT molecular complexity index is 895. The second-order valence-corrected chi connectivity index (χ2v) is 8.38. The van der Waals surface area contributed by atoms with Gasteiger partial charge in [-0.1, -0.05) is 28.6 Å². The Labute approximate surface area is 146 Å². The Morgan fingerprint density at radius 3 is 2.32 bits per heavy atom. The third-order valence-corrected chi connectivity index (χ3v) is 6.85. The van der Waals surface area contributed by atoms with E-state index < -0.39 is 20.9 Å². The third kappa shape index (κ3) is 4.07. The van der Waals surface area contributed by atoms with Gasteiger partial charge in [0.1, 0.15) is 0 Å². The maximum atomic E-state index is 13.1. The van der Waals surface area contributed by atoms with Crippen LogP contribution in [0.1, 0.15) is 13.8 Å². The number of benzene rings is 1. The predicted octanol–water partition coefficient (Wildman–Crippen LogP) is 3.46. The normalized spacial score (nSPS) is 12.2. The summed E-state index contributed by atoms with van der Waals surface area (Å²) in [5.41, 5.74) is -0.217. The molecule has 134 valence electrons. The molecule has 25 heavy (non-hydrogen) atoms. The van der Waals surface area contributed by atoms with Crippen molar-refractivity contribution in [3.05, 3.63) is 59.5 Å². The summed E-state index contributed by atoms with van der Waals surface area (Å²) in [5.74, 6) is 0. The van der Waals surface area contributed by atoms with E-state index in [9.17, 15) is 13.9 Å². The molecule has 0 aliphatic carbocycles. The average Bonchev–Trinajstić information content (AvgIpc) is 2.59. The first-order valence-corrected chi connectivity index (χ1v) is 10.5. The molecule has 2 rings (SSSR count). The maximum Gasteiger partial charge on any atom is 0.603 e. The summed E-state index contributed by atoms with van der Waals surface area (Å²) in [6, 6.07) is 8.56. The minimum atomic E-state index is -3.83. The van der Waals surface area contributed by atoms with E-state index in [2.05, 4.69) is 6.58 Å². The molecule has 0 aliphatic rings. The molecule has 1 atom stereocenters. The molecule has 9 heteroatoms. The minimum Gasteiger partial charge on any atom is -0.305 e. The second kappa shape index (κ2) is 8.54. The van der Waals surface area contributed by atoms with Crippen molar-refractivity contribution in [2.45, 2.75) is 20.4 Å². The van der Waals surface area contributed by atoms with Crippen LogP contribution in [0.4, 0.5) is 0 Å². The third-order valence-electron chi connectivity index (χ3n) is 3.28. The lowest BCUT2D eigenvalue weighted by molar-refractivity contribution is 0.229. The molecular formula is C16H21N2O5P2+. The van der Waals surface area contributed by atoms with Crippen molar-refractivity contribution in [2.75, 3.05) is 13.2 Å². The fraction of sp³-hybridized carbons (Fsp3) is 0.312. The Kier molecular flexibility index (Phi) is 6.68. The number of nitrogens with zero attached hydrogens (tertiary/aromatic N) is 2. The lowest BCUT2D eigenvalue weighted by Crippen LogP contribution is -2.35. The number of hydrogen-bond acceptors (Lipinski definition) is 5. The van der Waals surface area contributed by atoms with Gasteiger partial charge in [-0.25, -0.2) is 0 Å². The van der Waals surface area contributed by atoms with Gasteiger partial charge in [-0.05, 0) is 30.5 Å². The maximum absolute atomic E-state index is 13.1. The zero-order valence-corrected chi connectivity index (χ0v) is 16.0. The van der Waals surface area contributed by atoms with Crippen molar-refractivity contribution in [1.29, 1.82) is 0 Å². The van der Waals surface area contributed by atoms with Crippen molar-refractivity contribution >= 4 is 20.6 Å². The summed E-state index contributed by atoms with van der Waals surface area (Å²) in [6.07, 6.45) is 2.85. The van der Waals surface area contributed by atoms with Gasteiger partial charge in [0.15, 0.2) is 5.30 Å². The fourth-order valence-corrected chi connectivity index (χ4v) is 5.40. The molecule has 0 radical (unpaired) electrons. The van der Waals surface area contributed by atoms with Gasteiger partial charge in [0.2, 0.25) is 0 Å². The molecule has 1 aromatic heterocycles. The summed E-state index contributed by atoms with van der Waals surface area (Å²) in [5, 5.41) is -0.142. The monoisotopic (exact) mass is 383 g/mol. The van der Waals surface area contributed by atoms with Crippen LogP contribution in [0.15, 0.2) is 54.0 Å². The largest absolute Gasteiger partial charge is 0.603 e. The highest BCUT2D eigenvalue weighted by Crippen LogP contribution is 2.46. The summed E-state index contributed by atoms with van der Waals surface area (Å²) < 4.78 is 39.0. The molecule has 1 heterocycles. The van der Waals surface area contributed by atoms with Crippen molar-refractivity contribution in [2.24, 2.45) is 0 Å². The molecule has 1 aromatic carbocycles. The summed E-state index contributed by atoms with van der Waals surface area (Å²) >= 11 is 0. The van der Waals surface area contributed by atoms with E-state index in [0.29, 0.717) is 5.69 Å². The zero-order valence-electron chi connectivity index (χ0n) is 14.2. The molecule has 0 aliphatic heterocycles. The topological polar surface area (TPSA) is 79.5 Å². The fourth-order valence-electron chi connectivity index (χ4n) is 2.29. The van der Waals surface area contributed by atoms with Crippen LogP contribution in [-0.2, 0) is 24.7 Å². The van der Waals surface area contributed by atoms with Crippen LogP contribution in [0.2, 0.25) is 0 Å². The van der Waals surface area contributed by atoms with Crippen molar-refractivity contribution < 1.29 is 18.2 Å². The second-order valence-electron chi connectivity index (χ2n) is 4.96. The minimum absolute atomic E-state index is 0.112. The lowest BCUT2D eigenvalue weighted by Gasteiger charge is -2.16. The summed E-state index contributed by atoms with van der Waals surface area (Å²) in [7, 11) is -6.08. The SMILES string of the molecule is C=CCn1cc(P(=O)(OCC)OCC)c(=O)n(-c2ccccc2)[p+]1=O. The van der Waals surface area contributed by atoms with Gasteiger partial charge in [-0.2, -0.15) is 0 Å². The first kappa shape index (κ1) is 19.5. The van der Waals surface area contributed by atoms with Crippen molar-refractivity contribution in [3.8, 4) is 5.69 Å². The molecule has 7 nitrogen and oxygen atoms in total. The van der Waals surface area contributed by atoms with Crippen LogP contribution in [-0.4, -0.2) is 21.9 Å². The van der Waals surface area contributed by atoms with E-state index in [1.165, 1.54) is 10.5 Å². The number of allylic oxidation sites excluding steroid dienone is 1. The van der Waals surface area contributed by atoms with Gasteiger partial charge in [0.25, 0.3) is 0 Å². The van der Waals surface area contributed by atoms with E-state index in [-0.39, 0.29) is 25.1 Å². The Balaban J connectivity index is 2.84. The Hall–Kier alpha value is -1.78. The first-order chi connectivity index (χ1) is 12.0. The highest BCUT2D eigenvalue weighted by molar-refractivity contribution is 7.62. The summed E-state index contributed by atoms with van der Waals surface area (Å²) in [4.78, 5) is 13.0. The van der Waals surface area contributed by atoms with Crippen LogP contribution in [0.5, 0.6) is 0 Å². The molecule has 0 fully saturated rings. The molecule has 1 unspecified atom stereocenters.